The first-order valence-electron chi connectivity index (χ1n) is 9.81. The monoisotopic (exact) mass is 451 g/mol. The predicted octanol–water partition coefficient (Wildman–Crippen LogP) is 3.01. The van der Waals surface area contributed by atoms with Crippen molar-refractivity contribution in [1.82, 2.24) is 23.8 Å². The number of carbonyl (C=O) groups is 1. The minimum atomic E-state index is -3.89. The largest absolute Gasteiger partial charge is 0.301 e. The topological polar surface area (TPSA) is 98.0 Å². The van der Waals surface area contributed by atoms with Gasteiger partial charge >= 0.3 is 10.2 Å². The molecule has 0 atom stereocenters. The molecule has 0 bridgehead atoms. The number of nitrogens with one attached hydrogen (secondary N) is 2. The van der Waals surface area contributed by atoms with Crippen LogP contribution in [-0.4, -0.2) is 35.2 Å². The molecule has 0 aliphatic carbocycles. The average molecular weight is 452 g/mol. The van der Waals surface area contributed by atoms with Crippen molar-refractivity contribution in [3.63, 3.8) is 0 Å². The van der Waals surface area contributed by atoms with Crippen molar-refractivity contribution < 1.29 is 13.2 Å². The molecule has 0 aliphatic rings. The normalized spacial score (nSPS) is 11.9. The summed E-state index contributed by atoms with van der Waals surface area (Å²) in [5, 5.41) is 6.03. The van der Waals surface area contributed by atoms with E-state index in [2.05, 4.69) is 14.5 Å². The Kier molecular flexibility index (Phi) is 6.84. The number of rotatable bonds is 9. The number of carbonyl (C=O) groups excluding carboxylic acids is 1. The number of nitrogens with zero attached hydrogens (tertiary/aromatic N) is 3. The first-order chi connectivity index (χ1) is 14.2. The Bertz CT molecular complexity index is 1170. The van der Waals surface area contributed by atoms with Gasteiger partial charge in [-0.25, -0.2) is 4.72 Å². The van der Waals surface area contributed by atoms with E-state index in [1.54, 1.807) is 24.7 Å². The third-order valence-corrected chi connectivity index (χ3v) is 6.17. The average Bonchev–Trinajstić information content (AvgIpc) is 3.18. The summed E-state index contributed by atoms with van der Waals surface area (Å²) in [6.45, 7) is 4.13. The summed E-state index contributed by atoms with van der Waals surface area (Å²) in [6, 6.07) is 7.49. The number of hydrogen-bond acceptors (Lipinski definition) is 4. The van der Waals surface area contributed by atoms with Crippen molar-refractivity contribution in [1.29, 1.82) is 0 Å². The van der Waals surface area contributed by atoms with Gasteiger partial charge in [0.1, 0.15) is 5.82 Å². The van der Waals surface area contributed by atoms with Gasteiger partial charge in [0.05, 0.1) is 17.6 Å². The fraction of sp³-hybridized carbons (Fsp3) is 0.400. The van der Waals surface area contributed by atoms with Crippen LogP contribution in [0.25, 0.3) is 16.7 Å². The van der Waals surface area contributed by atoms with E-state index in [4.69, 9.17) is 11.6 Å². The maximum atomic E-state index is 12.5. The molecular weight excluding hydrogens is 426 g/mol. The molecule has 3 aromatic rings. The van der Waals surface area contributed by atoms with Crippen LogP contribution in [0.2, 0.25) is 5.02 Å². The number of aromatic nitrogens is 3. The first kappa shape index (κ1) is 22.3. The number of aryl methyl sites for hydroxylation is 2. The third-order valence-electron chi connectivity index (χ3n) is 4.85. The van der Waals surface area contributed by atoms with Crippen molar-refractivity contribution in [3.05, 3.63) is 46.7 Å². The molecule has 0 radical (unpaired) electrons. The summed E-state index contributed by atoms with van der Waals surface area (Å²) >= 11 is 6.08. The molecule has 2 N–H and O–H groups in total. The molecule has 162 valence electrons. The number of halogens is 1. The highest BCUT2D eigenvalue weighted by Gasteiger charge is 2.21. The van der Waals surface area contributed by atoms with Crippen LogP contribution in [0, 0.1) is 6.92 Å². The second-order valence-corrected chi connectivity index (χ2v) is 9.14. The Morgan fingerprint density at radius 2 is 2.00 bits per heavy atom. The van der Waals surface area contributed by atoms with Crippen molar-refractivity contribution in [2.24, 2.45) is 7.05 Å². The minimum Gasteiger partial charge on any atom is -0.301 e. The number of amides is 1. The zero-order chi connectivity index (χ0) is 21.9. The highest BCUT2D eigenvalue weighted by molar-refractivity contribution is 7.88. The van der Waals surface area contributed by atoms with Crippen LogP contribution in [0.1, 0.15) is 37.4 Å². The standard InChI is InChI=1S/C20H26ClN5O3S/c1-4-5-6-10-22-30(28,29)24-19(27)13-17-14(2)23-25(3)20(17)26-11-9-15-12-16(21)7-8-18(15)26/h7-9,11-12,22H,4-6,10,13H2,1-3H3,(H,24,27). The molecule has 0 saturated carbocycles. The van der Waals surface area contributed by atoms with Gasteiger partial charge in [-0.3, -0.25) is 9.48 Å². The van der Waals surface area contributed by atoms with Crippen molar-refractivity contribution >= 4 is 38.6 Å². The molecule has 0 aliphatic heterocycles. The highest BCUT2D eigenvalue weighted by atomic mass is 35.5. The molecule has 2 aromatic heterocycles. The molecule has 0 spiro atoms. The zero-order valence-corrected chi connectivity index (χ0v) is 18.8. The molecule has 0 saturated heterocycles. The van der Waals surface area contributed by atoms with Crippen LogP contribution in [0.5, 0.6) is 0 Å². The van der Waals surface area contributed by atoms with Gasteiger partial charge in [-0.05, 0) is 37.6 Å². The number of fused-ring (bicyclic) bond motifs is 1. The van der Waals surface area contributed by atoms with E-state index < -0.39 is 16.1 Å². The van der Waals surface area contributed by atoms with Crippen molar-refractivity contribution in [2.75, 3.05) is 6.54 Å². The smallest absolute Gasteiger partial charge is 0.301 e. The Hall–Kier alpha value is -2.36. The maximum Gasteiger partial charge on any atom is 0.301 e. The summed E-state index contributed by atoms with van der Waals surface area (Å²) in [7, 11) is -2.10. The lowest BCUT2D eigenvalue weighted by Gasteiger charge is -2.11. The summed E-state index contributed by atoms with van der Waals surface area (Å²) < 4.78 is 32.4. The lowest BCUT2D eigenvalue weighted by molar-refractivity contribution is -0.118. The van der Waals surface area contributed by atoms with E-state index in [0.717, 1.165) is 30.2 Å². The minimum absolute atomic E-state index is 0.113. The van der Waals surface area contributed by atoms with Crippen LogP contribution in [0.15, 0.2) is 30.5 Å². The quantitative estimate of drug-likeness (QED) is 0.488. The van der Waals surface area contributed by atoms with Gasteiger partial charge in [-0.1, -0.05) is 31.4 Å². The Labute approximate surface area is 181 Å². The van der Waals surface area contributed by atoms with Gasteiger partial charge in [0.2, 0.25) is 5.91 Å². The summed E-state index contributed by atoms with van der Waals surface area (Å²) in [6.07, 6.45) is 4.40. The molecule has 8 nitrogen and oxygen atoms in total. The molecule has 0 fully saturated rings. The maximum absolute atomic E-state index is 12.5. The fourth-order valence-corrected chi connectivity index (χ4v) is 4.50. The SMILES string of the molecule is CCCCCNS(=O)(=O)NC(=O)Cc1c(C)nn(C)c1-n1ccc2cc(Cl)ccc21. The van der Waals surface area contributed by atoms with Crippen molar-refractivity contribution in [3.8, 4) is 5.82 Å². The van der Waals surface area contributed by atoms with Gasteiger partial charge in [-0.2, -0.15) is 18.2 Å². The van der Waals surface area contributed by atoms with Gasteiger partial charge in [0.15, 0.2) is 0 Å². The second kappa shape index (κ2) is 9.20. The second-order valence-electron chi connectivity index (χ2n) is 7.21. The number of unbranched alkanes of at least 4 members (excludes halogenated alkanes) is 2. The van der Waals surface area contributed by atoms with Gasteiger partial charge in [-0.15, -0.1) is 0 Å². The first-order valence-corrected chi connectivity index (χ1v) is 11.7. The molecule has 30 heavy (non-hydrogen) atoms. The molecule has 1 amide bonds. The van der Waals surface area contributed by atoms with E-state index in [0.29, 0.717) is 28.6 Å². The molecule has 3 rings (SSSR count). The third kappa shape index (κ3) is 5.03. The van der Waals surface area contributed by atoms with Crippen LogP contribution >= 0.6 is 11.6 Å². The molecule has 2 heterocycles. The zero-order valence-electron chi connectivity index (χ0n) is 17.3. The van der Waals surface area contributed by atoms with E-state index in [1.165, 1.54) is 0 Å². The number of hydrogen-bond donors (Lipinski definition) is 2. The molecular formula is C20H26ClN5O3S. The van der Waals surface area contributed by atoms with E-state index in [9.17, 15) is 13.2 Å². The van der Waals surface area contributed by atoms with Crippen LogP contribution < -0.4 is 9.44 Å². The highest BCUT2D eigenvalue weighted by Crippen LogP contribution is 2.26. The summed E-state index contributed by atoms with van der Waals surface area (Å²) in [5.74, 6) is 0.0862. The Balaban J connectivity index is 1.83. The van der Waals surface area contributed by atoms with Crippen LogP contribution in [-0.2, 0) is 28.5 Å². The van der Waals surface area contributed by atoms with Gasteiger partial charge < -0.3 is 4.57 Å². The molecule has 10 heteroatoms. The molecule has 0 unspecified atom stereocenters. The van der Waals surface area contributed by atoms with Gasteiger partial charge in [0, 0.05) is 35.8 Å². The van der Waals surface area contributed by atoms with E-state index in [1.807, 2.05) is 35.9 Å². The van der Waals surface area contributed by atoms with Crippen molar-refractivity contribution in [2.45, 2.75) is 39.5 Å². The van der Waals surface area contributed by atoms with E-state index >= 15 is 0 Å². The predicted molar refractivity (Wildman–Crippen MR) is 118 cm³/mol. The van der Waals surface area contributed by atoms with Crippen LogP contribution in [0.3, 0.4) is 0 Å². The van der Waals surface area contributed by atoms with E-state index in [-0.39, 0.29) is 6.42 Å². The fourth-order valence-electron chi connectivity index (χ4n) is 3.46. The number of benzene rings is 1. The van der Waals surface area contributed by atoms with Crippen LogP contribution in [0.4, 0.5) is 0 Å². The summed E-state index contributed by atoms with van der Waals surface area (Å²) in [5.41, 5.74) is 2.23. The Morgan fingerprint density at radius 3 is 2.73 bits per heavy atom. The molecule has 1 aromatic carbocycles. The summed E-state index contributed by atoms with van der Waals surface area (Å²) in [4.78, 5) is 12.5. The lowest BCUT2D eigenvalue weighted by Crippen LogP contribution is -2.41. The van der Waals surface area contributed by atoms with Gasteiger partial charge in [0.25, 0.3) is 0 Å². The lowest BCUT2D eigenvalue weighted by atomic mass is 10.1. The Morgan fingerprint density at radius 1 is 1.23 bits per heavy atom.